The first-order chi connectivity index (χ1) is 15.3. The highest BCUT2D eigenvalue weighted by Gasteiger charge is 2.23. The number of hydrogen-bond donors (Lipinski definition) is 3. The van der Waals surface area contributed by atoms with E-state index in [1.54, 1.807) is 12.1 Å². The molecule has 1 aromatic heterocycles. The Morgan fingerprint density at radius 1 is 1.19 bits per heavy atom. The molecule has 0 atom stereocenters. The van der Waals surface area contributed by atoms with Gasteiger partial charge in [-0.05, 0) is 37.4 Å². The largest absolute Gasteiger partial charge is 0.501 e. The van der Waals surface area contributed by atoms with Crippen LogP contribution in [0.15, 0.2) is 53.3 Å². The quantitative estimate of drug-likeness (QED) is 0.492. The van der Waals surface area contributed by atoms with Crippen molar-refractivity contribution in [1.29, 1.82) is 0 Å². The number of amides is 1. The number of benzene rings is 2. The van der Waals surface area contributed by atoms with Crippen molar-refractivity contribution in [1.82, 2.24) is 19.8 Å². The number of nitrogens with two attached hydrogens (primary N) is 1. The molecule has 0 spiro atoms. The van der Waals surface area contributed by atoms with Crippen LogP contribution in [0.2, 0.25) is 0 Å². The molecule has 0 aliphatic carbocycles. The van der Waals surface area contributed by atoms with E-state index in [1.807, 2.05) is 31.1 Å². The maximum atomic E-state index is 13.1. The number of aromatic hydroxyl groups is 1. The van der Waals surface area contributed by atoms with Crippen molar-refractivity contribution in [2.45, 2.75) is 19.6 Å². The Hall–Kier alpha value is -3.56. The van der Waals surface area contributed by atoms with Crippen molar-refractivity contribution in [2.75, 3.05) is 20.6 Å². The monoisotopic (exact) mass is 439 g/mol. The molecule has 32 heavy (non-hydrogen) atoms. The fourth-order valence-electron chi connectivity index (χ4n) is 3.20. The molecule has 0 unspecified atom stereocenters. The number of aromatic nitrogens is 2. The van der Waals surface area contributed by atoms with E-state index in [0.717, 1.165) is 5.56 Å². The fourth-order valence-corrected chi connectivity index (χ4v) is 3.20. The van der Waals surface area contributed by atoms with E-state index in [9.17, 15) is 19.1 Å². The number of rotatable bonds is 8. The van der Waals surface area contributed by atoms with Crippen LogP contribution in [0.5, 0.6) is 5.75 Å². The van der Waals surface area contributed by atoms with E-state index in [2.05, 4.69) is 10.3 Å². The highest BCUT2D eigenvalue weighted by Crippen LogP contribution is 2.23. The fraction of sp³-hybridized carbons (Fsp3) is 0.261. The first-order valence-electron chi connectivity index (χ1n) is 10.1. The molecule has 0 bridgehead atoms. The van der Waals surface area contributed by atoms with Gasteiger partial charge in [-0.3, -0.25) is 14.2 Å². The number of nitrogens with one attached hydrogen (secondary N) is 1. The molecule has 1 amide bonds. The van der Waals surface area contributed by atoms with E-state index in [0.29, 0.717) is 17.7 Å². The van der Waals surface area contributed by atoms with Crippen LogP contribution in [0.25, 0.3) is 11.4 Å². The molecule has 9 heteroatoms. The third kappa shape index (κ3) is 5.19. The van der Waals surface area contributed by atoms with Crippen LogP contribution in [0.1, 0.15) is 21.6 Å². The van der Waals surface area contributed by atoms with Crippen molar-refractivity contribution in [2.24, 2.45) is 5.73 Å². The molecule has 0 fully saturated rings. The lowest BCUT2D eigenvalue weighted by molar-refractivity contribution is 0.0942. The minimum Gasteiger partial charge on any atom is -0.501 e. The maximum Gasteiger partial charge on any atom is 0.296 e. The molecule has 0 aliphatic heterocycles. The van der Waals surface area contributed by atoms with Crippen molar-refractivity contribution < 1.29 is 14.3 Å². The second-order valence-corrected chi connectivity index (χ2v) is 7.56. The number of carbonyl (C=O) groups excluding carboxylic acids is 1. The van der Waals surface area contributed by atoms with Gasteiger partial charge in [-0.25, -0.2) is 9.37 Å². The molecule has 3 aromatic rings. The predicted octanol–water partition coefficient (Wildman–Crippen LogP) is 1.71. The van der Waals surface area contributed by atoms with Crippen LogP contribution in [-0.4, -0.2) is 46.1 Å². The Kier molecular flexibility index (Phi) is 7.34. The SMILES string of the molecule is CN(C)CCn1c(-c2ccccc2CN)nc(C(=O)NCc2ccc(F)cc2)c(O)c1=O. The summed E-state index contributed by atoms with van der Waals surface area (Å²) in [5.41, 5.74) is 6.80. The summed E-state index contributed by atoms with van der Waals surface area (Å²) in [6.07, 6.45) is 0. The Balaban J connectivity index is 2.03. The van der Waals surface area contributed by atoms with E-state index < -0.39 is 17.2 Å². The van der Waals surface area contributed by atoms with Crippen LogP contribution in [0.3, 0.4) is 0 Å². The predicted molar refractivity (Wildman–Crippen MR) is 120 cm³/mol. The lowest BCUT2D eigenvalue weighted by Gasteiger charge is -2.18. The highest BCUT2D eigenvalue weighted by atomic mass is 19.1. The number of hydrogen-bond acceptors (Lipinski definition) is 6. The standard InChI is InChI=1S/C23H26FN5O3/c1-28(2)11-12-29-21(18-6-4-3-5-16(18)13-25)27-19(20(30)23(29)32)22(31)26-14-15-7-9-17(24)10-8-15/h3-10,30H,11-14,25H2,1-2H3,(H,26,31). The van der Waals surface area contributed by atoms with Gasteiger partial charge in [0.25, 0.3) is 11.5 Å². The molecule has 168 valence electrons. The van der Waals surface area contributed by atoms with Gasteiger partial charge in [0, 0.05) is 31.7 Å². The molecule has 0 aliphatic rings. The molecule has 1 heterocycles. The van der Waals surface area contributed by atoms with Gasteiger partial charge in [0.1, 0.15) is 11.6 Å². The summed E-state index contributed by atoms with van der Waals surface area (Å²) in [6.45, 7) is 1.08. The zero-order valence-electron chi connectivity index (χ0n) is 18.0. The van der Waals surface area contributed by atoms with Crippen LogP contribution >= 0.6 is 0 Å². The first kappa shape index (κ1) is 23.1. The summed E-state index contributed by atoms with van der Waals surface area (Å²) < 4.78 is 14.4. The second-order valence-electron chi connectivity index (χ2n) is 7.56. The lowest BCUT2D eigenvalue weighted by atomic mass is 10.1. The Labute approximate surface area is 185 Å². The summed E-state index contributed by atoms with van der Waals surface area (Å²) in [5.74, 6) is -1.57. The van der Waals surface area contributed by atoms with Crippen LogP contribution in [0.4, 0.5) is 4.39 Å². The normalized spacial score (nSPS) is 11.0. The summed E-state index contributed by atoms with van der Waals surface area (Å²) in [7, 11) is 3.73. The molecule has 3 rings (SSSR count). The topological polar surface area (TPSA) is 113 Å². The lowest BCUT2D eigenvalue weighted by Crippen LogP contribution is -2.32. The molecule has 8 nitrogen and oxygen atoms in total. The molecule has 0 radical (unpaired) electrons. The van der Waals surface area contributed by atoms with E-state index >= 15 is 0 Å². The van der Waals surface area contributed by atoms with Gasteiger partial charge in [0.2, 0.25) is 5.75 Å². The number of nitrogens with zero attached hydrogens (tertiary/aromatic N) is 3. The van der Waals surface area contributed by atoms with Gasteiger partial charge in [0.05, 0.1) is 0 Å². The molecular weight excluding hydrogens is 413 g/mol. The van der Waals surface area contributed by atoms with E-state index in [4.69, 9.17) is 5.73 Å². The maximum absolute atomic E-state index is 13.1. The van der Waals surface area contributed by atoms with Crippen LogP contribution < -0.4 is 16.6 Å². The van der Waals surface area contributed by atoms with Gasteiger partial charge in [0.15, 0.2) is 5.69 Å². The van der Waals surface area contributed by atoms with Crippen molar-refractivity contribution >= 4 is 5.91 Å². The Morgan fingerprint density at radius 3 is 2.53 bits per heavy atom. The Morgan fingerprint density at radius 2 is 1.88 bits per heavy atom. The van der Waals surface area contributed by atoms with Crippen molar-refractivity contribution in [3.63, 3.8) is 0 Å². The number of carbonyl (C=O) groups is 1. The molecular formula is C23H26FN5O3. The summed E-state index contributed by atoms with van der Waals surface area (Å²) in [4.78, 5) is 32.1. The molecule has 2 aromatic carbocycles. The third-order valence-corrected chi connectivity index (χ3v) is 4.98. The van der Waals surface area contributed by atoms with Gasteiger partial charge < -0.3 is 21.1 Å². The molecule has 0 saturated carbocycles. The van der Waals surface area contributed by atoms with Gasteiger partial charge in [-0.2, -0.15) is 0 Å². The van der Waals surface area contributed by atoms with Gasteiger partial charge >= 0.3 is 0 Å². The molecule has 0 saturated heterocycles. The third-order valence-electron chi connectivity index (χ3n) is 4.98. The number of likely N-dealkylation sites (N-methyl/N-ethyl adjacent to an activating group) is 1. The average molecular weight is 439 g/mol. The van der Waals surface area contributed by atoms with Crippen LogP contribution in [-0.2, 0) is 19.6 Å². The molecule has 4 N–H and O–H groups in total. The van der Waals surface area contributed by atoms with Crippen LogP contribution in [0, 0.1) is 5.82 Å². The van der Waals surface area contributed by atoms with Gasteiger partial charge in [-0.1, -0.05) is 36.4 Å². The summed E-state index contributed by atoms with van der Waals surface area (Å²) in [6, 6.07) is 12.8. The summed E-state index contributed by atoms with van der Waals surface area (Å²) in [5, 5.41) is 13.1. The smallest absolute Gasteiger partial charge is 0.296 e. The average Bonchev–Trinajstić information content (AvgIpc) is 2.79. The van der Waals surface area contributed by atoms with Crippen molar-refractivity contribution in [3.8, 4) is 17.1 Å². The summed E-state index contributed by atoms with van der Waals surface area (Å²) >= 11 is 0. The minimum absolute atomic E-state index is 0.0820. The zero-order chi connectivity index (χ0) is 23.3. The zero-order valence-corrected chi connectivity index (χ0v) is 18.0. The first-order valence-corrected chi connectivity index (χ1v) is 10.1. The van der Waals surface area contributed by atoms with E-state index in [1.165, 1.54) is 28.8 Å². The number of halogens is 1. The van der Waals surface area contributed by atoms with Gasteiger partial charge in [-0.15, -0.1) is 0 Å². The second kappa shape index (κ2) is 10.2. The van der Waals surface area contributed by atoms with E-state index in [-0.39, 0.29) is 37.0 Å². The minimum atomic E-state index is -0.727. The Bertz CT molecular complexity index is 1160. The highest BCUT2D eigenvalue weighted by molar-refractivity contribution is 5.95. The van der Waals surface area contributed by atoms with Crippen molar-refractivity contribution in [3.05, 3.63) is 81.5 Å².